The highest BCUT2D eigenvalue weighted by atomic mass is 19.3. The maximum absolute atomic E-state index is 13.3. The van der Waals surface area contributed by atoms with Crippen molar-refractivity contribution in [3.63, 3.8) is 0 Å². The van der Waals surface area contributed by atoms with Gasteiger partial charge in [-0.25, -0.2) is 23.4 Å². The molecule has 11 heteroatoms. The Labute approximate surface area is 158 Å². The van der Waals surface area contributed by atoms with Crippen LogP contribution in [0.5, 0.6) is 0 Å². The van der Waals surface area contributed by atoms with Gasteiger partial charge in [0, 0.05) is 32.0 Å². The molecule has 5 rings (SSSR count). The van der Waals surface area contributed by atoms with Gasteiger partial charge in [-0.1, -0.05) is 5.21 Å². The molecule has 3 aromatic rings. The van der Waals surface area contributed by atoms with Gasteiger partial charge in [0.25, 0.3) is 5.56 Å². The van der Waals surface area contributed by atoms with E-state index in [9.17, 15) is 13.6 Å². The molecule has 1 aliphatic heterocycles. The average molecular weight is 388 g/mol. The third-order valence-electron chi connectivity index (χ3n) is 5.70. The van der Waals surface area contributed by atoms with Crippen molar-refractivity contribution in [1.29, 1.82) is 0 Å². The Balaban J connectivity index is 1.36. The SMILES string of the molecule is O=c1c(-n2ccnn2)c[nH]n1-c1cc(N2CCC3(CC2)CC(F)(F)C3)ncn1. The van der Waals surface area contributed by atoms with E-state index in [1.165, 1.54) is 28.1 Å². The van der Waals surface area contributed by atoms with Gasteiger partial charge < -0.3 is 4.90 Å². The minimum absolute atomic E-state index is 0.00814. The van der Waals surface area contributed by atoms with Gasteiger partial charge >= 0.3 is 0 Å². The van der Waals surface area contributed by atoms with Crippen molar-refractivity contribution in [2.24, 2.45) is 5.41 Å². The van der Waals surface area contributed by atoms with Crippen molar-refractivity contribution < 1.29 is 8.78 Å². The van der Waals surface area contributed by atoms with Crippen LogP contribution < -0.4 is 10.5 Å². The van der Waals surface area contributed by atoms with Gasteiger partial charge in [0.15, 0.2) is 11.5 Å². The molecule has 1 N–H and O–H groups in total. The predicted molar refractivity (Wildman–Crippen MR) is 95.0 cm³/mol. The first-order valence-corrected chi connectivity index (χ1v) is 9.07. The molecule has 2 fully saturated rings. The Hall–Kier alpha value is -3.11. The minimum atomic E-state index is -2.50. The fourth-order valence-corrected chi connectivity index (χ4v) is 4.27. The molecule has 0 atom stereocenters. The largest absolute Gasteiger partial charge is 0.356 e. The summed E-state index contributed by atoms with van der Waals surface area (Å²) in [6.45, 7) is 1.33. The number of hydrogen-bond donors (Lipinski definition) is 1. The number of aromatic amines is 1. The first-order valence-electron chi connectivity index (χ1n) is 9.07. The van der Waals surface area contributed by atoms with E-state index in [-0.39, 0.29) is 23.8 Å². The van der Waals surface area contributed by atoms with Crippen molar-refractivity contribution in [3.8, 4) is 11.5 Å². The lowest BCUT2D eigenvalue weighted by atomic mass is 9.61. The van der Waals surface area contributed by atoms with Crippen LogP contribution in [0.25, 0.3) is 11.5 Å². The molecule has 9 nitrogen and oxygen atoms in total. The number of nitrogens with zero attached hydrogens (tertiary/aromatic N) is 7. The van der Waals surface area contributed by atoms with E-state index in [1.807, 2.05) is 0 Å². The quantitative estimate of drug-likeness (QED) is 0.731. The Morgan fingerprint density at radius 1 is 1.11 bits per heavy atom. The van der Waals surface area contributed by atoms with Crippen LogP contribution in [-0.2, 0) is 0 Å². The number of piperidine rings is 1. The lowest BCUT2D eigenvalue weighted by Crippen LogP contribution is -2.52. The second kappa shape index (κ2) is 5.94. The first-order chi connectivity index (χ1) is 13.4. The number of halogens is 2. The van der Waals surface area contributed by atoms with Crippen molar-refractivity contribution in [1.82, 2.24) is 34.7 Å². The van der Waals surface area contributed by atoms with E-state index in [4.69, 9.17) is 0 Å². The zero-order chi connectivity index (χ0) is 19.4. The lowest BCUT2D eigenvalue weighted by molar-refractivity contribution is -0.168. The van der Waals surface area contributed by atoms with Crippen LogP contribution in [0.1, 0.15) is 25.7 Å². The molecule has 28 heavy (non-hydrogen) atoms. The van der Waals surface area contributed by atoms with Crippen molar-refractivity contribution in [2.45, 2.75) is 31.6 Å². The molecular formula is C17H18F2N8O. The highest BCUT2D eigenvalue weighted by molar-refractivity contribution is 5.44. The predicted octanol–water partition coefficient (Wildman–Crippen LogP) is 1.55. The molecule has 0 unspecified atom stereocenters. The Morgan fingerprint density at radius 2 is 1.86 bits per heavy atom. The summed E-state index contributed by atoms with van der Waals surface area (Å²) in [4.78, 5) is 23.2. The Bertz CT molecular complexity index is 1040. The van der Waals surface area contributed by atoms with Crippen molar-refractivity contribution in [3.05, 3.63) is 41.3 Å². The molecule has 0 radical (unpaired) electrons. The summed E-state index contributed by atoms with van der Waals surface area (Å²) in [5.41, 5.74) is -0.216. The number of nitrogens with one attached hydrogen (secondary N) is 1. The number of anilines is 1. The van der Waals surface area contributed by atoms with Gasteiger partial charge in [-0.05, 0) is 18.3 Å². The van der Waals surface area contributed by atoms with E-state index in [0.717, 1.165) is 12.8 Å². The van der Waals surface area contributed by atoms with E-state index >= 15 is 0 Å². The maximum atomic E-state index is 13.3. The minimum Gasteiger partial charge on any atom is -0.356 e. The van der Waals surface area contributed by atoms with Crippen LogP contribution in [0.3, 0.4) is 0 Å². The molecule has 1 aliphatic carbocycles. The number of rotatable bonds is 3. The fraction of sp³-hybridized carbons (Fsp3) is 0.471. The number of alkyl halides is 2. The molecule has 1 saturated heterocycles. The molecule has 4 heterocycles. The van der Waals surface area contributed by atoms with Crippen molar-refractivity contribution >= 4 is 5.82 Å². The highest BCUT2D eigenvalue weighted by Crippen LogP contribution is 2.57. The lowest BCUT2D eigenvalue weighted by Gasteiger charge is -2.52. The summed E-state index contributed by atoms with van der Waals surface area (Å²) in [5, 5.41) is 10.4. The smallest absolute Gasteiger partial charge is 0.298 e. The van der Waals surface area contributed by atoms with Crippen LogP contribution in [0.15, 0.2) is 35.8 Å². The zero-order valence-corrected chi connectivity index (χ0v) is 14.9. The summed E-state index contributed by atoms with van der Waals surface area (Å²) < 4.78 is 29.3. The monoisotopic (exact) mass is 388 g/mol. The fourth-order valence-electron chi connectivity index (χ4n) is 4.27. The Kier molecular flexibility index (Phi) is 3.61. The third kappa shape index (κ3) is 2.77. The molecule has 2 aliphatic rings. The summed E-state index contributed by atoms with van der Waals surface area (Å²) in [6, 6.07) is 1.72. The topological polar surface area (TPSA) is 97.5 Å². The zero-order valence-electron chi connectivity index (χ0n) is 14.9. The summed E-state index contributed by atoms with van der Waals surface area (Å²) in [5.74, 6) is -1.42. The summed E-state index contributed by atoms with van der Waals surface area (Å²) >= 11 is 0. The molecular weight excluding hydrogens is 370 g/mol. The van der Waals surface area contributed by atoms with E-state index < -0.39 is 5.92 Å². The third-order valence-corrected chi connectivity index (χ3v) is 5.70. The molecule has 1 spiro atoms. The maximum Gasteiger partial charge on any atom is 0.298 e. The molecule has 3 aromatic heterocycles. The summed E-state index contributed by atoms with van der Waals surface area (Å²) in [6.07, 6.45) is 7.42. The van der Waals surface area contributed by atoms with Gasteiger partial charge in [-0.3, -0.25) is 9.89 Å². The van der Waals surface area contributed by atoms with Crippen LogP contribution in [0.2, 0.25) is 0 Å². The van der Waals surface area contributed by atoms with Crippen LogP contribution in [0, 0.1) is 5.41 Å². The normalized spacial score (nSPS) is 20.3. The molecule has 0 amide bonds. The first kappa shape index (κ1) is 17.0. The second-order valence-electron chi connectivity index (χ2n) is 7.58. The molecule has 0 bridgehead atoms. The highest BCUT2D eigenvalue weighted by Gasteiger charge is 2.56. The molecule has 146 valence electrons. The molecule has 0 aromatic carbocycles. The van der Waals surface area contributed by atoms with Gasteiger partial charge in [-0.15, -0.1) is 5.10 Å². The van der Waals surface area contributed by atoms with Crippen LogP contribution >= 0.6 is 0 Å². The van der Waals surface area contributed by atoms with E-state index in [2.05, 4.69) is 30.3 Å². The van der Waals surface area contributed by atoms with Gasteiger partial charge in [0.2, 0.25) is 5.92 Å². The summed E-state index contributed by atoms with van der Waals surface area (Å²) in [7, 11) is 0. The van der Waals surface area contributed by atoms with Crippen LogP contribution in [-0.4, -0.2) is 53.8 Å². The van der Waals surface area contributed by atoms with E-state index in [1.54, 1.807) is 12.3 Å². The Morgan fingerprint density at radius 3 is 2.54 bits per heavy atom. The second-order valence-corrected chi connectivity index (χ2v) is 7.58. The van der Waals surface area contributed by atoms with Gasteiger partial charge in [-0.2, -0.15) is 4.68 Å². The number of aromatic nitrogens is 7. The van der Waals surface area contributed by atoms with E-state index in [0.29, 0.717) is 30.4 Å². The average Bonchev–Trinajstić information content (AvgIpc) is 3.30. The van der Waals surface area contributed by atoms with Crippen LogP contribution in [0.4, 0.5) is 14.6 Å². The molecule has 1 saturated carbocycles. The van der Waals surface area contributed by atoms with Gasteiger partial charge in [0.05, 0.1) is 18.6 Å². The standard InChI is InChI=1S/C17H18F2N8O/c18-17(19)9-16(10-17)1-4-25(5-2-16)13-7-14(21-11-20-13)27-15(28)12(8-23-27)26-6-3-22-24-26/h3,6-8,11,23H,1-2,4-5,9-10H2. The number of H-pyrrole nitrogens is 1. The van der Waals surface area contributed by atoms with Gasteiger partial charge in [0.1, 0.15) is 12.1 Å². The van der Waals surface area contributed by atoms with Crippen molar-refractivity contribution in [2.75, 3.05) is 18.0 Å². The number of hydrogen-bond acceptors (Lipinski definition) is 6.